The number of hydrogen-bond donors (Lipinski definition) is 0. The first kappa shape index (κ1) is 14.2. The fourth-order valence-electron chi connectivity index (χ4n) is 2.63. The molecule has 1 aromatic rings. The third-order valence-corrected chi connectivity index (χ3v) is 3.82. The average molecular weight is 278 g/mol. The minimum absolute atomic E-state index is 0.464. The van der Waals surface area contributed by atoms with Crippen LogP contribution in [0.2, 0.25) is 0 Å². The molecule has 1 aliphatic carbocycles. The van der Waals surface area contributed by atoms with Crippen molar-refractivity contribution in [3.8, 4) is 35.8 Å². The van der Waals surface area contributed by atoms with Gasteiger partial charge in [-0.2, -0.15) is 21.0 Å². The summed E-state index contributed by atoms with van der Waals surface area (Å²) in [5, 5.41) is 37.2. The van der Waals surface area contributed by atoms with Crippen molar-refractivity contribution in [3.63, 3.8) is 0 Å². The zero-order chi connectivity index (χ0) is 15.7. The summed E-state index contributed by atoms with van der Waals surface area (Å²) in [6.45, 7) is 0. The number of nitrogens with zero attached hydrogens (tertiary/aromatic N) is 4. The molecule has 0 aliphatic heterocycles. The van der Waals surface area contributed by atoms with E-state index in [0.29, 0.717) is 17.1 Å². The van der Waals surface area contributed by atoms with Gasteiger partial charge in [0.1, 0.15) is 11.5 Å². The maximum Gasteiger partial charge on any atom is 0.185 e. The van der Waals surface area contributed by atoms with Crippen LogP contribution in [0.25, 0.3) is 0 Å². The molecule has 102 valence electrons. The van der Waals surface area contributed by atoms with Crippen molar-refractivity contribution in [3.05, 3.63) is 23.8 Å². The standard InChI is InChI=1S/C15H10N4O2/c1-20-11-3-10(4-12(5-11)21-2)13-14(6-16,7-17)15(13,8-18)9-19/h3-5,13H,1-2H3. The number of hydrogen-bond acceptors (Lipinski definition) is 6. The lowest BCUT2D eigenvalue weighted by Crippen LogP contribution is -2.05. The summed E-state index contributed by atoms with van der Waals surface area (Å²) in [7, 11) is 2.93. The molecule has 0 spiro atoms. The number of rotatable bonds is 3. The normalized spacial score (nSPS) is 17.4. The molecule has 0 aromatic heterocycles. The summed E-state index contributed by atoms with van der Waals surface area (Å²) in [4.78, 5) is 0. The second-order valence-electron chi connectivity index (χ2n) is 4.64. The molecule has 0 saturated heterocycles. The van der Waals surface area contributed by atoms with Crippen LogP contribution < -0.4 is 9.47 Å². The van der Waals surface area contributed by atoms with Crippen molar-refractivity contribution in [2.75, 3.05) is 14.2 Å². The minimum atomic E-state index is -1.67. The fourth-order valence-corrected chi connectivity index (χ4v) is 2.63. The van der Waals surface area contributed by atoms with Crippen LogP contribution in [-0.2, 0) is 0 Å². The van der Waals surface area contributed by atoms with Crippen LogP contribution in [0.1, 0.15) is 11.5 Å². The SMILES string of the molecule is COc1cc(OC)cc(C2C(C#N)(C#N)C2(C#N)C#N)c1. The molecule has 1 saturated carbocycles. The molecule has 0 bridgehead atoms. The molecule has 0 N–H and O–H groups in total. The summed E-state index contributed by atoms with van der Waals surface area (Å²) >= 11 is 0. The molecular weight excluding hydrogens is 268 g/mol. The third kappa shape index (κ3) is 1.61. The predicted molar refractivity (Wildman–Crippen MR) is 69.6 cm³/mol. The van der Waals surface area contributed by atoms with Gasteiger partial charge in [-0.1, -0.05) is 0 Å². The molecule has 21 heavy (non-hydrogen) atoms. The Morgan fingerprint density at radius 3 is 1.48 bits per heavy atom. The number of benzene rings is 1. The number of methoxy groups -OCH3 is 2. The molecule has 6 nitrogen and oxygen atoms in total. The van der Waals surface area contributed by atoms with Gasteiger partial charge in [0.05, 0.1) is 44.4 Å². The second-order valence-corrected chi connectivity index (χ2v) is 4.64. The van der Waals surface area contributed by atoms with Crippen molar-refractivity contribution in [2.24, 2.45) is 10.8 Å². The second kappa shape index (κ2) is 4.71. The quantitative estimate of drug-likeness (QED) is 0.833. The first-order valence-corrected chi connectivity index (χ1v) is 5.97. The fraction of sp³-hybridized carbons (Fsp3) is 0.333. The highest BCUT2D eigenvalue weighted by molar-refractivity contribution is 5.60. The van der Waals surface area contributed by atoms with Crippen LogP contribution in [0.3, 0.4) is 0 Å². The van der Waals surface area contributed by atoms with Gasteiger partial charge in [0.15, 0.2) is 10.8 Å². The zero-order valence-electron chi connectivity index (χ0n) is 11.4. The highest BCUT2D eigenvalue weighted by Gasteiger charge is 2.82. The molecule has 1 fully saturated rings. The molecule has 0 amide bonds. The Bertz CT molecular complexity index is 670. The highest BCUT2D eigenvalue weighted by atomic mass is 16.5. The molecule has 0 unspecified atom stereocenters. The van der Waals surface area contributed by atoms with Crippen LogP contribution >= 0.6 is 0 Å². The summed E-state index contributed by atoms with van der Waals surface area (Å²) in [6.07, 6.45) is 0. The van der Waals surface area contributed by atoms with Gasteiger partial charge in [-0.05, 0) is 17.7 Å². The van der Waals surface area contributed by atoms with Gasteiger partial charge >= 0.3 is 0 Å². The lowest BCUT2D eigenvalue weighted by atomic mass is 9.98. The molecule has 6 heteroatoms. The Labute approximate surface area is 122 Å². The Kier molecular flexibility index (Phi) is 3.18. The summed E-state index contributed by atoms with van der Waals surface area (Å²) in [5.74, 6) is 0.107. The van der Waals surface area contributed by atoms with E-state index in [1.807, 2.05) is 24.3 Å². The van der Waals surface area contributed by atoms with Crippen LogP contribution in [-0.4, -0.2) is 14.2 Å². The largest absolute Gasteiger partial charge is 0.497 e. The van der Waals surface area contributed by atoms with E-state index in [9.17, 15) is 21.0 Å². The van der Waals surface area contributed by atoms with Gasteiger partial charge in [-0.3, -0.25) is 0 Å². The van der Waals surface area contributed by atoms with E-state index in [1.54, 1.807) is 18.2 Å². The summed E-state index contributed by atoms with van der Waals surface area (Å²) < 4.78 is 10.3. The van der Waals surface area contributed by atoms with E-state index in [0.717, 1.165) is 0 Å². The van der Waals surface area contributed by atoms with Gasteiger partial charge in [0, 0.05) is 6.07 Å². The lowest BCUT2D eigenvalue weighted by Gasteiger charge is -2.08. The summed E-state index contributed by atoms with van der Waals surface area (Å²) in [6, 6.07) is 12.2. The smallest absolute Gasteiger partial charge is 0.185 e. The van der Waals surface area contributed by atoms with E-state index in [-0.39, 0.29) is 0 Å². The zero-order valence-corrected chi connectivity index (χ0v) is 11.4. The molecule has 0 atom stereocenters. The van der Waals surface area contributed by atoms with Crippen molar-refractivity contribution in [2.45, 2.75) is 5.92 Å². The molecule has 0 radical (unpaired) electrons. The molecule has 1 aliphatic rings. The predicted octanol–water partition coefficient (Wildman–Crippen LogP) is 1.87. The van der Waals surface area contributed by atoms with Crippen LogP contribution in [0.5, 0.6) is 11.5 Å². The Morgan fingerprint density at radius 1 is 0.810 bits per heavy atom. The first-order chi connectivity index (χ1) is 10.1. The Balaban J connectivity index is 2.64. The monoisotopic (exact) mass is 278 g/mol. The topological polar surface area (TPSA) is 114 Å². The van der Waals surface area contributed by atoms with E-state index < -0.39 is 16.7 Å². The highest BCUT2D eigenvalue weighted by Crippen LogP contribution is 2.73. The van der Waals surface area contributed by atoms with Gasteiger partial charge < -0.3 is 9.47 Å². The molecule has 0 heterocycles. The summed E-state index contributed by atoms with van der Waals surface area (Å²) in [5.41, 5.74) is -2.85. The van der Waals surface area contributed by atoms with Crippen molar-refractivity contribution >= 4 is 0 Å². The van der Waals surface area contributed by atoms with E-state index >= 15 is 0 Å². The van der Waals surface area contributed by atoms with Gasteiger partial charge in [-0.25, -0.2) is 0 Å². The minimum Gasteiger partial charge on any atom is -0.497 e. The lowest BCUT2D eigenvalue weighted by molar-refractivity contribution is 0.393. The van der Waals surface area contributed by atoms with Crippen molar-refractivity contribution < 1.29 is 9.47 Å². The third-order valence-electron chi connectivity index (χ3n) is 3.82. The van der Waals surface area contributed by atoms with Crippen LogP contribution in [0.4, 0.5) is 0 Å². The van der Waals surface area contributed by atoms with E-state index in [1.165, 1.54) is 14.2 Å². The first-order valence-electron chi connectivity index (χ1n) is 5.97. The Morgan fingerprint density at radius 2 is 1.19 bits per heavy atom. The van der Waals surface area contributed by atoms with Gasteiger partial charge in [0.2, 0.25) is 0 Å². The van der Waals surface area contributed by atoms with Crippen molar-refractivity contribution in [1.29, 1.82) is 21.0 Å². The van der Waals surface area contributed by atoms with Gasteiger partial charge in [0.25, 0.3) is 0 Å². The maximum atomic E-state index is 9.30. The molecule has 2 rings (SSSR count). The van der Waals surface area contributed by atoms with E-state index in [2.05, 4.69) is 0 Å². The average Bonchev–Trinajstić information content (AvgIpc) is 3.17. The maximum absolute atomic E-state index is 9.30. The van der Waals surface area contributed by atoms with E-state index in [4.69, 9.17) is 9.47 Å². The molecule has 1 aromatic carbocycles. The number of ether oxygens (including phenoxy) is 2. The molecular formula is C15H10N4O2. The van der Waals surface area contributed by atoms with Crippen LogP contribution in [0.15, 0.2) is 18.2 Å². The van der Waals surface area contributed by atoms with Gasteiger partial charge in [-0.15, -0.1) is 0 Å². The number of nitriles is 4. The van der Waals surface area contributed by atoms with Crippen molar-refractivity contribution in [1.82, 2.24) is 0 Å². The Hall–Kier alpha value is -3.22. The van der Waals surface area contributed by atoms with Crippen LogP contribution in [0, 0.1) is 56.2 Å².